The number of pyridine rings is 1. The van der Waals surface area contributed by atoms with Gasteiger partial charge in [0.2, 0.25) is 5.95 Å². The Morgan fingerprint density at radius 3 is 2.82 bits per heavy atom. The van der Waals surface area contributed by atoms with Crippen molar-refractivity contribution in [3.63, 3.8) is 0 Å². The number of hydrogen-bond donors (Lipinski definition) is 2. The number of rotatable bonds is 5. The van der Waals surface area contributed by atoms with E-state index in [1.54, 1.807) is 12.4 Å². The third-order valence-corrected chi connectivity index (χ3v) is 3.17. The number of benzene rings is 1. The van der Waals surface area contributed by atoms with E-state index >= 15 is 0 Å². The average Bonchev–Trinajstić information content (AvgIpc) is 2.54. The fraction of sp³-hybridized carbons (Fsp3) is 0.0625. The molecule has 2 aromatic heterocycles. The van der Waals surface area contributed by atoms with Crippen molar-refractivity contribution in [3.8, 4) is 0 Å². The van der Waals surface area contributed by atoms with Gasteiger partial charge < -0.3 is 10.6 Å². The first-order valence-electron chi connectivity index (χ1n) is 6.78. The van der Waals surface area contributed by atoms with E-state index in [1.165, 1.54) is 0 Å². The summed E-state index contributed by atoms with van der Waals surface area (Å²) in [6.07, 6.45) is 5.27. The highest BCUT2D eigenvalue weighted by Crippen LogP contribution is 2.18. The van der Waals surface area contributed by atoms with Gasteiger partial charge in [-0.3, -0.25) is 4.98 Å². The minimum absolute atomic E-state index is 0.512. The Balaban J connectivity index is 1.67. The fourth-order valence-corrected chi connectivity index (χ4v) is 2.10. The highest BCUT2D eigenvalue weighted by atomic mass is 35.5. The Hall–Kier alpha value is -2.66. The molecule has 3 rings (SSSR count). The number of aromatic nitrogens is 3. The molecule has 6 heteroatoms. The second-order valence-electron chi connectivity index (χ2n) is 4.62. The van der Waals surface area contributed by atoms with Crippen molar-refractivity contribution in [1.82, 2.24) is 15.0 Å². The molecule has 0 unspecified atom stereocenters. The van der Waals surface area contributed by atoms with E-state index in [9.17, 15) is 0 Å². The molecule has 0 fully saturated rings. The number of anilines is 3. The Labute approximate surface area is 133 Å². The molecular weight excluding hydrogens is 298 g/mol. The minimum atomic E-state index is 0.512. The summed E-state index contributed by atoms with van der Waals surface area (Å²) in [6, 6.07) is 13.1. The third-order valence-electron chi connectivity index (χ3n) is 2.93. The molecule has 0 radical (unpaired) electrons. The van der Waals surface area contributed by atoms with Gasteiger partial charge in [0.25, 0.3) is 0 Å². The molecule has 22 heavy (non-hydrogen) atoms. The minimum Gasteiger partial charge on any atom is -0.366 e. The van der Waals surface area contributed by atoms with Crippen molar-refractivity contribution in [1.29, 1.82) is 0 Å². The standard InChI is InChI=1S/C16H14ClN5/c17-13-4-1-5-14(9-13)21-16-19-8-6-15(22-16)20-11-12-3-2-7-18-10-12/h1-10H,11H2,(H2,19,20,21,22). The van der Waals surface area contributed by atoms with Gasteiger partial charge in [-0.2, -0.15) is 4.98 Å². The van der Waals surface area contributed by atoms with Crippen LogP contribution in [0.1, 0.15) is 5.56 Å². The maximum absolute atomic E-state index is 5.96. The molecule has 3 aromatic rings. The highest BCUT2D eigenvalue weighted by Gasteiger charge is 2.01. The van der Waals surface area contributed by atoms with Crippen LogP contribution in [0.4, 0.5) is 17.5 Å². The lowest BCUT2D eigenvalue weighted by atomic mass is 10.3. The van der Waals surface area contributed by atoms with Crippen LogP contribution in [0.5, 0.6) is 0 Å². The molecule has 0 saturated heterocycles. The molecule has 0 spiro atoms. The van der Waals surface area contributed by atoms with Crippen LogP contribution >= 0.6 is 11.6 Å². The van der Waals surface area contributed by atoms with Crippen molar-refractivity contribution >= 4 is 29.1 Å². The van der Waals surface area contributed by atoms with E-state index < -0.39 is 0 Å². The van der Waals surface area contributed by atoms with Crippen molar-refractivity contribution < 1.29 is 0 Å². The van der Waals surface area contributed by atoms with Crippen LogP contribution in [-0.2, 0) is 6.54 Å². The summed E-state index contributed by atoms with van der Waals surface area (Å²) in [4.78, 5) is 12.7. The van der Waals surface area contributed by atoms with E-state index in [0.29, 0.717) is 17.5 Å². The van der Waals surface area contributed by atoms with Crippen LogP contribution in [0.15, 0.2) is 61.1 Å². The lowest BCUT2D eigenvalue weighted by Crippen LogP contribution is -2.04. The zero-order chi connectivity index (χ0) is 15.2. The van der Waals surface area contributed by atoms with Gasteiger partial charge in [-0.1, -0.05) is 23.7 Å². The maximum atomic E-state index is 5.96. The third kappa shape index (κ3) is 3.93. The smallest absolute Gasteiger partial charge is 0.229 e. The second kappa shape index (κ2) is 6.87. The molecule has 0 amide bonds. The largest absolute Gasteiger partial charge is 0.366 e. The molecule has 0 bridgehead atoms. The van der Waals surface area contributed by atoms with E-state index in [4.69, 9.17) is 11.6 Å². The van der Waals surface area contributed by atoms with Crippen LogP contribution in [0, 0.1) is 0 Å². The number of hydrogen-bond acceptors (Lipinski definition) is 5. The predicted molar refractivity (Wildman–Crippen MR) is 88.3 cm³/mol. The molecular formula is C16H14ClN5. The summed E-state index contributed by atoms with van der Waals surface area (Å²) in [7, 11) is 0. The first-order chi connectivity index (χ1) is 10.8. The van der Waals surface area contributed by atoms with E-state index in [2.05, 4.69) is 25.6 Å². The predicted octanol–water partition coefficient (Wildman–Crippen LogP) is 3.88. The van der Waals surface area contributed by atoms with Gasteiger partial charge in [0.15, 0.2) is 0 Å². The summed E-state index contributed by atoms with van der Waals surface area (Å²) < 4.78 is 0. The Morgan fingerprint density at radius 1 is 1.05 bits per heavy atom. The fourth-order valence-electron chi connectivity index (χ4n) is 1.91. The Morgan fingerprint density at radius 2 is 2.00 bits per heavy atom. The Bertz CT molecular complexity index is 748. The topological polar surface area (TPSA) is 62.7 Å². The van der Waals surface area contributed by atoms with Crippen LogP contribution in [0.2, 0.25) is 5.02 Å². The van der Waals surface area contributed by atoms with Gasteiger partial charge in [-0.25, -0.2) is 4.98 Å². The quantitative estimate of drug-likeness (QED) is 0.748. The zero-order valence-corrected chi connectivity index (χ0v) is 12.5. The molecule has 110 valence electrons. The molecule has 2 N–H and O–H groups in total. The molecule has 0 atom stereocenters. The number of nitrogens with zero attached hydrogens (tertiary/aromatic N) is 3. The van der Waals surface area contributed by atoms with Gasteiger partial charge in [0, 0.05) is 35.8 Å². The number of nitrogens with one attached hydrogen (secondary N) is 2. The SMILES string of the molecule is Clc1cccc(Nc2nccc(NCc3cccnc3)n2)c1. The number of halogens is 1. The first kappa shape index (κ1) is 14.3. The first-order valence-corrected chi connectivity index (χ1v) is 7.16. The molecule has 0 aliphatic carbocycles. The van der Waals surface area contributed by atoms with Crippen LogP contribution in [0.3, 0.4) is 0 Å². The van der Waals surface area contributed by atoms with E-state index in [-0.39, 0.29) is 0 Å². The summed E-state index contributed by atoms with van der Waals surface area (Å²) in [5.74, 6) is 1.25. The average molecular weight is 312 g/mol. The lowest BCUT2D eigenvalue weighted by Gasteiger charge is -2.08. The van der Waals surface area contributed by atoms with Gasteiger partial charge in [-0.05, 0) is 35.9 Å². The van der Waals surface area contributed by atoms with Crippen LogP contribution < -0.4 is 10.6 Å². The van der Waals surface area contributed by atoms with Crippen LogP contribution in [-0.4, -0.2) is 15.0 Å². The maximum Gasteiger partial charge on any atom is 0.229 e. The lowest BCUT2D eigenvalue weighted by molar-refractivity contribution is 1.07. The van der Waals surface area contributed by atoms with Crippen molar-refractivity contribution in [2.75, 3.05) is 10.6 Å². The molecule has 1 aromatic carbocycles. The second-order valence-corrected chi connectivity index (χ2v) is 5.05. The molecule has 0 aliphatic heterocycles. The molecule has 0 saturated carbocycles. The zero-order valence-electron chi connectivity index (χ0n) is 11.7. The van der Waals surface area contributed by atoms with Gasteiger partial charge >= 0.3 is 0 Å². The molecule has 5 nitrogen and oxygen atoms in total. The summed E-state index contributed by atoms with van der Waals surface area (Å²) in [5.41, 5.74) is 1.93. The van der Waals surface area contributed by atoms with Crippen molar-refractivity contribution in [3.05, 3.63) is 71.6 Å². The van der Waals surface area contributed by atoms with Gasteiger partial charge in [0.1, 0.15) is 5.82 Å². The van der Waals surface area contributed by atoms with E-state index in [0.717, 1.165) is 17.1 Å². The Kier molecular flexibility index (Phi) is 4.46. The van der Waals surface area contributed by atoms with Crippen molar-refractivity contribution in [2.24, 2.45) is 0 Å². The summed E-state index contributed by atoms with van der Waals surface area (Å²) >= 11 is 5.96. The normalized spacial score (nSPS) is 10.2. The van der Waals surface area contributed by atoms with Crippen molar-refractivity contribution in [2.45, 2.75) is 6.54 Å². The van der Waals surface area contributed by atoms with Gasteiger partial charge in [-0.15, -0.1) is 0 Å². The van der Waals surface area contributed by atoms with E-state index in [1.807, 2.05) is 48.7 Å². The molecule has 2 heterocycles. The monoisotopic (exact) mass is 311 g/mol. The summed E-state index contributed by atoms with van der Waals surface area (Å²) in [5, 5.41) is 7.03. The summed E-state index contributed by atoms with van der Waals surface area (Å²) in [6.45, 7) is 0.654. The van der Waals surface area contributed by atoms with Gasteiger partial charge in [0.05, 0.1) is 0 Å². The van der Waals surface area contributed by atoms with Crippen LogP contribution in [0.25, 0.3) is 0 Å². The molecule has 0 aliphatic rings. The highest BCUT2D eigenvalue weighted by molar-refractivity contribution is 6.30.